The van der Waals surface area contributed by atoms with Gasteiger partial charge in [0.2, 0.25) is 5.91 Å². The number of rotatable bonds is 5. The van der Waals surface area contributed by atoms with Crippen LogP contribution in [0.2, 0.25) is 0 Å². The highest BCUT2D eigenvalue weighted by atomic mass is 16.4. The molecule has 0 aromatic carbocycles. The van der Waals surface area contributed by atoms with E-state index in [0.717, 1.165) is 19.3 Å². The standard InChI is InChI=1S/C14H23N3O4/c1-2-15-12(20)14(5-3-6-14)9-16-13(21)17-7-4-10(8-17)11(18)19/h10H,2-9H2,1H3,(H,15,20)(H,16,21)(H,18,19). The molecular formula is C14H23N3O4. The van der Waals surface area contributed by atoms with Gasteiger partial charge in [0, 0.05) is 26.2 Å². The number of amides is 3. The number of carboxylic acid groups (broad SMARTS) is 1. The molecule has 0 aromatic rings. The van der Waals surface area contributed by atoms with E-state index in [2.05, 4.69) is 10.6 Å². The van der Waals surface area contributed by atoms with Crippen molar-refractivity contribution in [3.63, 3.8) is 0 Å². The molecular weight excluding hydrogens is 274 g/mol. The van der Waals surface area contributed by atoms with Crippen LogP contribution in [0.25, 0.3) is 0 Å². The number of aliphatic carboxylic acids is 1. The normalized spacial score (nSPS) is 23.3. The van der Waals surface area contributed by atoms with Crippen LogP contribution in [0.1, 0.15) is 32.6 Å². The van der Waals surface area contributed by atoms with Crippen LogP contribution < -0.4 is 10.6 Å². The van der Waals surface area contributed by atoms with Gasteiger partial charge in [-0.1, -0.05) is 6.42 Å². The summed E-state index contributed by atoms with van der Waals surface area (Å²) >= 11 is 0. The lowest BCUT2D eigenvalue weighted by atomic mass is 9.68. The summed E-state index contributed by atoms with van der Waals surface area (Å²) in [4.78, 5) is 36.5. The highest BCUT2D eigenvalue weighted by molar-refractivity contribution is 5.85. The molecule has 3 N–H and O–H groups in total. The van der Waals surface area contributed by atoms with Gasteiger partial charge >= 0.3 is 12.0 Å². The van der Waals surface area contributed by atoms with Crippen LogP contribution in [0.3, 0.4) is 0 Å². The molecule has 3 amide bonds. The summed E-state index contributed by atoms with van der Waals surface area (Å²) in [5.74, 6) is -1.33. The van der Waals surface area contributed by atoms with Crippen LogP contribution in [0.5, 0.6) is 0 Å². The van der Waals surface area contributed by atoms with Crippen LogP contribution in [0.4, 0.5) is 4.79 Å². The Balaban J connectivity index is 1.83. The van der Waals surface area contributed by atoms with Gasteiger partial charge in [-0.25, -0.2) is 4.79 Å². The third-order valence-corrected chi connectivity index (χ3v) is 4.53. The molecule has 0 spiro atoms. The summed E-state index contributed by atoms with van der Waals surface area (Å²) < 4.78 is 0. The number of hydrogen-bond donors (Lipinski definition) is 3. The summed E-state index contributed by atoms with van der Waals surface area (Å²) in [6.45, 7) is 3.48. The highest BCUT2D eigenvalue weighted by Crippen LogP contribution is 2.40. The zero-order chi connectivity index (χ0) is 15.5. The first-order valence-electron chi connectivity index (χ1n) is 7.52. The fourth-order valence-corrected chi connectivity index (χ4v) is 2.94. The summed E-state index contributed by atoms with van der Waals surface area (Å²) in [5, 5.41) is 14.6. The maximum atomic E-state index is 12.1. The van der Waals surface area contributed by atoms with Gasteiger partial charge in [0.25, 0.3) is 0 Å². The lowest BCUT2D eigenvalue weighted by molar-refractivity contribution is -0.141. The molecule has 1 atom stereocenters. The molecule has 7 nitrogen and oxygen atoms in total. The van der Waals surface area contributed by atoms with Gasteiger partial charge in [-0.3, -0.25) is 9.59 Å². The Kier molecular flexibility index (Phi) is 4.69. The average Bonchev–Trinajstić information content (AvgIpc) is 2.87. The minimum absolute atomic E-state index is 0.00128. The van der Waals surface area contributed by atoms with Crippen molar-refractivity contribution in [1.29, 1.82) is 0 Å². The van der Waals surface area contributed by atoms with Crippen molar-refractivity contribution in [3.05, 3.63) is 0 Å². The lowest BCUT2D eigenvalue weighted by Gasteiger charge is -2.40. The number of urea groups is 1. The molecule has 1 aliphatic carbocycles. The highest BCUT2D eigenvalue weighted by Gasteiger charge is 2.44. The SMILES string of the molecule is CCNC(=O)C1(CNC(=O)N2CCC(C(=O)O)C2)CCC1. The molecule has 1 saturated carbocycles. The molecule has 2 fully saturated rings. The molecule has 2 rings (SSSR count). The van der Waals surface area contributed by atoms with E-state index in [-0.39, 0.29) is 18.5 Å². The Morgan fingerprint density at radius 2 is 2.00 bits per heavy atom. The van der Waals surface area contributed by atoms with Crippen molar-refractivity contribution >= 4 is 17.9 Å². The third-order valence-electron chi connectivity index (χ3n) is 4.53. The first kappa shape index (κ1) is 15.6. The van der Waals surface area contributed by atoms with Crippen molar-refractivity contribution in [3.8, 4) is 0 Å². The van der Waals surface area contributed by atoms with Crippen molar-refractivity contribution in [1.82, 2.24) is 15.5 Å². The van der Waals surface area contributed by atoms with Gasteiger partial charge in [-0.15, -0.1) is 0 Å². The zero-order valence-electron chi connectivity index (χ0n) is 12.4. The molecule has 21 heavy (non-hydrogen) atoms. The van der Waals surface area contributed by atoms with Gasteiger partial charge < -0.3 is 20.6 Å². The van der Waals surface area contributed by atoms with E-state index in [1.54, 1.807) is 0 Å². The number of carboxylic acids is 1. The van der Waals surface area contributed by atoms with Crippen molar-refractivity contribution < 1.29 is 19.5 Å². The molecule has 0 aromatic heterocycles. The van der Waals surface area contributed by atoms with Crippen LogP contribution in [-0.2, 0) is 9.59 Å². The van der Waals surface area contributed by atoms with Gasteiger partial charge in [-0.2, -0.15) is 0 Å². The maximum Gasteiger partial charge on any atom is 0.317 e. The fraction of sp³-hybridized carbons (Fsp3) is 0.786. The van der Waals surface area contributed by atoms with Crippen molar-refractivity contribution in [2.24, 2.45) is 11.3 Å². The molecule has 1 heterocycles. The number of carbonyl (C=O) groups excluding carboxylic acids is 2. The van der Waals surface area contributed by atoms with Gasteiger partial charge in [0.1, 0.15) is 0 Å². The summed E-state index contributed by atoms with van der Waals surface area (Å²) in [7, 11) is 0. The topological polar surface area (TPSA) is 98.7 Å². The average molecular weight is 297 g/mol. The number of nitrogens with zero attached hydrogens (tertiary/aromatic N) is 1. The van der Waals surface area contributed by atoms with Crippen LogP contribution in [0, 0.1) is 11.3 Å². The molecule has 0 radical (unpaired) electrons. The fourth-order valence-electron chi connectivity index (χ4n) is 2.94. The van der Waals surface area contributed by atoms with E-state index in [1.165, 1.54) is 4.90 Å². The van der Waals surface area contributed by atoms with Crippen molar-refractivity contribution in [2.45, 2.75) is 32.6 Å². The van der Waals surface area contributed by atoms with Crippen LogP contribution in [0.15, 0.2) is 0 Å². The lowest BCUT2D eigenvalue weighted by Crippen LogP contribution is -2.54. The van der Waals surface area contributed by atoms with E-state index < -0.39 is 17.3 Å². The predicted molar refractivity (Wildman–Crippen MR) is 75.7 cm³/mol. The first-order chi connectivity index (χ1) is 9.98. The first-order valence-corrected chi connectivity index (χ1v) is 7.52. The van der Waals surface area contributed by atoms with Crippen molar-refractivity contribution in [2.75, 3.05) is 26.2 Å². The minimum Gasteiger partial charge on any atom is -0.481 e. The zero-order valence-corrected chi connectivity index (χ0v) is 12.4. The van der Waals surface area contributed by atoms with Gasteiger partial charge in [-0.05, 0) is 26.2 Å². The monoisotopic (exact) mass is 297 g/mol. The maximum absolute atomic E-state index is 12.1. The number of nitrogens with one attached hydrogen (secondary N) is 2. The summed E-state index contributed by atoms with van der Waals surface area (Å²) in [6.07, 6.45) is 3.07. The second-order valence-corrected chi connectivity index (χ2v) is 5.92. The van der Waals surface area contributed by atoms with E-state index in [0.29, 0.717) is 26.1 Å². The second-order valence-electron chi connectivity index (χ2n) is 5.92. The molecule has 0 bridgehead atoms. The minimum atomic E-state index is -0.858. The van der Waals surface area contributed by atoms with Crippen LogP contribution >= 0.6 is 0 Å². The molecule has 7 heteroatoms. The Labute approximate surface area is 124 Å². The second kappa shape index (κ2) is 6.32. The Bertz CT molecular complexity index is 434. The molecule has 1 unspecified atom stereocenters. The molecule has 2 aliphatic rings. The van der Waals surface area contributed by atoms with E-state index in [1.807, 2.05) is 6.92 Å². The number of carbonyl (C=O) groups is 3. The summed E-state index contributed by atoms with van der Waals surface area (Å²) in [6, 6.07) is -0.269. The molecule has 1 saturated heterocycles. The number of hydrogen-bond acceptors (Lipinski definition) is 3. The third kappa shape index (κ3) is 3.28. The summed E-state index contributed by atoms with van der Waals surface area (Å²) in [5.41, 5.74) is -0.475. The van der Waals surface area contributed by atoms with E-state index in [4.69, 9.17) is 5.11 Å². The Morgan fingerprint density at radius 3 is 2.48 bits per heavy atom. The smallest absolute Gasteiger partial charge is 0.317 e. The van der Waals surface area contributed by atoms with E-state index >= 15 is 0 Å². The predicted octanol–water partition coefficient (Wildman–Crippen LogP) is 0.409. The van der Waals surface area contributed by atoms with Gasteiger partial charge in [0.05, 0.1) is 11.3 Å². The Morgan fingerprint density at radius 1 is 1.29 bits per heavy atom. The van der Waals surface area contributed by atoms with Crippen LogP contribution in [-0.4, -0.2) is 54.1 Å². The quantitative estimate of drug-likeness (QED) is 0.684. The number of likely N-dealkylation sites (tertiary alicyclic amines) is 1. The molecule has 1 aliphatic heterocycles. The van der Waals surface area contributed by atoms with Gasteiger partial charge in [0.15, 0.2) is 0 Å². The molecule has 118 valence electrons. The van der Waals surface area contributed by atoms with E-state index in [9.17, 15) is 14.4 Å². The Hall–Kier alpha value is -1.79. The largest absolute Gasteiger partial charge is 0.481 e.